The lowest BCUT2D eigenvalue weighted by Crippen LogP contribution is -1.87. The highest BCUT2D eigenvalue weighted by Gasteiger charge is 2.00. The van der Waals surface area contributed by atoms with E-state index in [9.17, 15) is 0 Å². The predicted octanol–water partition coefficient (Wildman–Crippen LogP) is 1.85. The van der Waals surface area contributed by atoms with E-state index in [1.54, 1.807) is 24.3 Å². The molecule has 2 aromatic heterocycles. The quantitative estimate of drug-likeness (QED) is 0.598. The largest absolute Gasteiger partial charge is 0.342 e. The van der Waals surface area contributed by atoms with E-state index in [2.05, 4.69) is 26.9 Å². The number of nitrogens with zero attached hydrogens (tertiary/aromatic N) is 3. The van der Waals surface area contributed by atoms with Crippen molar-refractivity contribution in [2.24, 2.45) is 0 Å². The Kier molecular flexibility index (Phi) is 2.44. The summed E-state index contributed by atoms with van der Waals surface area (Å²) in [6.45, 7) is 2.14. The average molecular weight is 194 g/mol. The van der Waals surface area contributed by atoms with Crippen molar-refractivity contribution in [3.63, 3.8) is 0 Å². The Morgan fingerprint density at radius 3 is 3.23 bits per heavy atom. The van der Waals surface area contributed by atoms with Gasteiger partial charge in [0.05, 0.1) is 12.5 Å². The van der Waals surface area contributed by atoms with Crippen molar-refractivity contribution in [2.75, 3.05) is 5.75 Å². The molecule has 0 unspecified atom stereocenters. The van der Waals surface area contributed by atoms with E-state index >= 15 is 0 Å². The van der Waals surface area contributed by atoms with Gasteiger partial charge in [0.2, 0.25) is 0 Å². The van der Waals surface area contributed by atoms with Crippen LogP contribution in [0.5, 0.6) is 0 Å². The fourth-order valence-corrected chi connectivity index (χ4v) is 1.65. The van der Waals surface area contributed by atoms with E-state index in [0.717, 1.165) is 28.5 Å². The molecule has 0 saturated carbocycles. The first kappa shape index (κ1) is 8.50. The van der Waals surface area contributed by atoms with Gasteiger partial charge < -0.3 is 4.98 Å². The molecule has 2 rings (SSSR count). The van der Waals surface area contributed by atoms with Crippen LogP contribution in [-0.4, -0.2) is 25.7 Å². The van der Waals surface area contributed by atoms with Gasteiger partial charge in [-0.3, -0.25) is 0 Å². The highest BCUT2D eigenvalue weighted by atomic mass is 32.2. The summed E-state index contributed by atoms with van der Waals surface area (Å²) in [4.78, 5) is 15.5. The van der Waals surface area contributed by atoms with Gasteiger partial charge in [-0.1, -0.05) is 18.7 Å². The molecule has 0 aliphatic heterocycles. The van der Waals surface area contributed by atoms with Crippen molar-refractivity contribution < 1.29 is 0 Å². The number of fused-ring (bicyclic) bond motifs is 1. The van der Waals surface area contributed by atoms with Crippen LogP contribution < -0.4 is 0 Å². The van der Waals surface area contributed by atoms with Crippen LogP contribution in [0, 0.1) is 0 Å². The van der Waals surface area contributed by atoms with Crippen LogP contribution in [0.2, 0.25) is 0 Å². The molecule has 2 aromatic rings. The van der Waals surface area contributed by atoms with E-state index in [0.29, 0.717) is 0 Å². The molecule has 0 atom stereocenters. The van der Waals surface area contributed by atoms with Crippen LogP contribution in [0.4, 0.5) is 0 Å². The summed E-state index contributed by atoms with van der Waals surface area (Å²) in [5.41, 5.74) is 1.63. The molecular weight excluding hydrogens is 184 g/mol. The second-order valence-corrected chi connectivity index (χ2v) is 3.70. The van der Waals surface area contributed by atoms with Crippen LogP contribution in [0.15, 0.2) is 17.7 Å². The standard InChI is InChI=1S/C8H10N4S/c1-2-3-13-8-9-4-6-7(12-8)11-5-10-6/h4-5H,2-3H2,1H3,(H,9,10,11,12). The molecule has 5 heteroatoms. The molecule has 0 saturated heterocycles. The minimum atomic E-state index is 0.744. The van der Waals surface area contributed by atoms with E-state index in [4.69, 9.17) is 0 Å². The Morgan fingerprint density at radius 2 is 2.38 bits per heavy atom. The maximum absolute atomic E-state index is 4.28. The Morgan fingerprint density at radius 1 is 1.46 bits per heavy atom. The molecule has 68 valence electrons. The number of thioether (sulfide) groups is 1. The molecule has 0 bridgehead atoms. The van der Waals surface area contributed by atoms with Gasteiger partial charge >= 0.3 is 0 Å². The summed E-state index contributed by atoms with van der Waals surface area (Å²) in [6, 6.07) is 0. The first-order chi connectivity index (χ1) is 6.40. The van der Waals surface area contributed by atoms with Crippen molar-refractivity contribution in [1.82, 2.24) is 19.9 Å². The number of nitrogens with one attached hydrogen (secondary N) is 1. The van der Waals surface area contributed by atoms with Crippen LogP contribution in [0.25, 0.3) is 11.2 Å². The zero-order valence-corrected chi connectivity index (χ0v) is 8.14. The number of rotatable bonds is 3. The number of H-pyrrole nitrogens is 1. The summed E-state index contributed by atoms with van der Waals surface area (Å²) in [7, 11) is 0. The van der Waals surface area contributed by atoms with Crippen LogP contribution in [0.1, 0.15) is 13.3 Å². The lowest BCUT2D eigenvalue weighted by atomic mass is 10.6. The molecule has 0 fully saturated rings. The minimum absolute atomic E-state index is 0.744. The molecule has 0 aliphatic rings. The predicted molar refractivity (Wildman–Crippen MR) is 52.7 cm³/mol. The summed E-state index contributed by atoms with van der Waals surface area (Å²) < 4.78 is 0. The Labute approximate surface area is 80.2 Å². The molecule has 13 heavy (non-hydrogen) atoms. The van der Waals surface area contributed by atoms with Crippen molar-refractivity contribution >= 4 is 22.9 Å². The molecule has 0 radical (unpaired) electrons. The molecule has 4 nitrogen and oxygen atoms in total. The van der Waals surface area contributed by atoms with E-state index < -0.39 is 0 Å². The molecule has 1 N–H and O–H groups in total. The average Bonchev–Trinajstić information content (AvgIpc) is 2.61. The third-order valence-corrected chi connectivity index (χ3v) is 2.66. The summed E-state index contributed by atoms with van der Waals surface area (Å²) in [6.07, 6.45) is 4.54. The van der Waals surface area contributed by atoms with Gasteiger partial charge in [-0.2, -0.15) is 0 Å². The molecule has 0 amide bonds. The monoisotopic (exact) mass is 194 g/mol. The number of imidazole rings is 1. The van der Waals surface area contributed by atoms with E-state index in [1.165, 1.54) is 0 Å². The molecule has 2 heterocycles. The molecule has 0 aromatic carbocycles. The Balaban J connectivity index is 2.26. The molecular formula is C8H10N4S. The number of hydrogen-bond donors (Lipinski definition) is 1. The summed E-state index contributed by atoms with van der Waals surface area (Å²) in [5, 5.41) is 0.807. The van der Waals surface area contributed by atoms with Crippen molar-refractivity contribution in [2.45, 2.75) is 18.5 Å². The maximum atomic E-state index is 4.28. The smallest absolute Gasteiger partial charge is 0.189 e. The lowest BCUT2D eigenvalue weighted by Gasteiger charge is -1.95. The van der Waals surface area contributed by atoms with Gasteiger partial charge in [0.15, 0.2) is 10.8 Å². The second kappa shape index (κ2) is 3.74. The van der Waals surface area contributed by atoms with Crippen LogP contribution in [-0.2, 0) is 0 Å². The fraction of sp³-hybridized carbons (Fsp3) is 0.375. The number of hydrogen-bond acceptors (Lipinski definition) is 4. The van der Waals surface area contributed by atoms with Crippen LogP contribution >= 0.6 is 11.8 Å². The van der Waals surface area contributed by atoms with Gasteiger partial charge in [-0.15, -0.1) is 0 Å². The highest BCUT2D eigenvalue weighted by Crippen LogP contribution is 2.15. The van der Waals surface area contributed by atoms with Crippen molar-refractivity contribution in [3.05, 3.63) is 12.5 Å². The molecule has 0 spiro atoms. The van der Waals surface area contributed by atoms with E-state index in [-0.39, 0.29) is 0 Å². The van der Waals surface area contributed by atoms with Gasteiger partial charge in [0.1, 0.15) is 5.52 Å². The Bertz CT molecular complexity index is 398. The zero-order valence-electron chi connectivity index (χ0n) is 7.32. The van der Waals surface area contributed by atoms with Gasteiger partial charge in [-0.25, -0.2) is 15.0 Å². The first-order valence-electron chi connectivity index (χ1n) is 4.19. The van der Waals surface area contributed by atoms with Gasteiger partial charge in [-0.05, 0) is 6.42 Å². The first-order valence-corrected chi connectivity index (χ1v) is 5.17. The highest BCUT2D eigenvalue weighted by molar-refractivity contribution is 7.99. The van der Waals surface area contributed by atoms with Crippen LogP contribution in [0.3, 0.4) is 0 Å². The van der Waals surface area contributed by atoms with Gasteiger partial charge in [0, 0.05) is 5.75 Å². The maximum Gasteiger partial charge on any atom is 0.189 e. The minimum Gasteiger partial charge on any atom is -0.342 e. The van der Waals surface area contributed by atoms with E-state index in [1.807, 2.05) is 0 Å². The third-order valence-electron chi connectivity index (χ3n) is 1.59. The second-order valence-electron chi connectivity index (χ2n) is 2.64. The zero-order chi connectivity index (χ0) is 9.10. The lowest BCUT2D eigenvalue weighted by molar-refractivity contribution is 0.985. The number of aromatic nitrogens is 4. The summed E-state index contributed by atoms with van der Waals surface area (Å²) >= 11 is 1.66. The Hall–Kier alpha value is -1.10. The fourth-order valence-electron chi connectivity index (χ4n) is 0.983. The summed E-state index contributed by atoms with van der Waals surface area (Å²) in [5.74, 6) is 1.05. The van der Waals surface area contributed by atoms with Crippen molar-refractivity contribution in [3.8, 4) is 0 Å². The number of aromatic amines is 1. The SMILES string of the molecule is CCCSc1ncc2[nH]cnc2n1. The molecule has 0 aliphatic carbocycles. The van der Waals surface area contributed by atoms with Gasteiger partial charge in [0.25, 0.3) is 0 Å². The topological polar surface area (TPSA) is 54.5 Å². The van der Waals surface area contributed by atoms with Crippen molar-refractivity contribution in [1.29, 1.82) is 0 Å². The third kappa shape index (κ3) is 1.80. The normalized spacial score (nSPS) is 10.8.